The van der Waals surface area contributed by atoms with Gasteiger partial charge in [0.2, 0.25) is 0 Å². The first kappa shape index (κ1) is 8.92. The van der Waals surface area contributed by atoms with Crippen LogP contribution in [0.2, 0.25) is 0 Å². The predicted molar refractivity (Wildman–Crippen MR) is 39.4 cm³/mol. The summed E-state index contributed by atoms with van der Waals surface area (Å²) in [5.74, 6) is 0. The average molecular weight is 131 g/mol. The van der Waals surface area contributed by atoms with Gasteiger partial charge in [-0.1, -0.05) is 6.92 Å². The second kappa shape index (κ2) is 4.77. The Bertz CT molecular complexity index is 57.9. The zero-order valence-corrected chi connectivity index (χ0v) is 6.55. The maximum Gasteiger partial charge on any atom is 0.0672 e. The third kappa shape index (κ3) is 4.43. The molecular weight excluding hydrogens is 114 g/mol. The highest BCUT2D eigenvalue weighted by molar-refractivity contribution is 4.52. The molecule has 2 unspecified atom stereocenters. The highest BCUT2D eigenvalue weighted by atomic mass is 16.5. The van der Waals surface area contributed by atoms with Crippen molar-refractivity contribution < 1.29 is 4.74 Å². The van der Waals surface area contributed by atoms with Crippen LogP contribution in [-0.2, 0) is 4.74 Å². The Kier molecular flexibility index (Phi) is 4.72. The fourth-order valence-electron chi connectivity index (χ4n) is 0.548. The van der Waals surface area contributed by atoms with Crippen LogP contribution in [-0.4, -0.2) is 18.8 Å². The molecule has 0 aromatic heterocycles. The highest BCUT2D eigenvalue weighted by Crippen LogP contribution is 1.99. The molecule has 0 amide bonds. The van der Waals surface area contributed by atoms with Crippen LogP contribution in [0.3, 0.4) is 0 Å². The number of ether oxygens (including phenoxy) is 1. The van der Waals surface area contributed by atoms with Crippen LogP contribution >= 0.6 is 0 Å². The van der Waals surface area contributed by atoms with Gasteiger partial charge in [-0.15, -0.1) is 0 Å². The van der Waals surface area contributed by atoms with E-state index in [9.17, 15) is 0 Å². The summed E-state index contributed by atoms with van der Waals surface area (Å²) < 4.78 is 5.42. The van der Waals surface area contributed by atoms with Crippen LogP contribution in [0.4, 0.5) is 0 Å². The van der Waals surface area contributed by atoms with Gasteiger partial charge in [0.25, 0.3) is 0 Å². The summed E-state index contributed by atoms with van der Waals surface area (Å²) in [5.41, 5.74) is 5.35. The summed E-state index contributed by atoms with van der Waals surface area (Å²) in [6.07, 6.45) is 1.62. The maximum atomic E-state index is 5.42. The summed E-state index contributed by atoms with van der Waals surface area (Å²) in [6.45, 7) is 6.77. The van der Waals surface area contributed by atoms with E-state index in [1.807, 2.05) is 6.92 Å². The van der Waals surface area contributed by atoms with E-state index in [0.717, 1.165) is 6.42 Å². The van der Waals surface area contributed by atoms with Crippen molar-refractivity contribution in [1.82, 2.24) is 0 Å². The van der Waals surface area contributed by atoms with Crippen LogP contribution in [0.25, 0.3) is 0 Å². The van der Waals surface area contributed by atoms with Crippen molar-refractivity contribution in [1.29, 1.82) is 0 Å². The van der Waals surface area contributed by atoms with E-state index in [0.29, 0.717) is 12.6 Å². The molecular formula is C7H17NO. The SMILES string of the molecule is CCC(C)OC(C)CN. The van der Waals surface area contributed by atoms with Crippen molar-refractivity contribution in [2.24, 2.45) is 5.73 Å². The van der Waals surface area contributed by atoms with Crippen LogP contribution in [0.1, 0.15) is 27.2 Å². The lowest BCUT2D eigenvalue weighted by Crippen LogP contribution is -2.24. The van der Waals surface area contributed by atoms with Gasteiger partial charge in [0.15, 0.2) is 0 Å². The molecule has 0 fully saturated rings. The molecule has 2 nitrogen and oxygen atoms in total. The van der Waals surface area contributed by atoms with Crippen molar-refractivity contribution in [2.45, 2.75) is 39.4 Å². The van der Waals surface area contributed by atoms with Gasteiger partial charge in [0.1, 0.15) is 0 Å². The van der Waals surface area contributed by atoms with Gasteiger partial charge in [0, 0.05) is 6.54 Å². The molecule has 0 radical (unpaired) electrons. The summed E-state index contributed by atoms with van der Waals surface area (Å²) in [6, 6.07) is 0. The Hall–Kier alpha value is -0.0800. The van der Waals surface area contributed by atoms with Crippen LogP contribution in [0.15, 0.2) is 0 Å². The molecule has 0 saturated carbocycles. The largest absolute Gasteiger partial charge is 0.374 e. The number of rotatable bonds is 4. The molecule has 0 aromatic carbocycles. The number of hydrogen-bond donors (Lipinski definition) is 1. The van der Waals surface area contributed by atoms with Gasteiger partial charge < -0.3 is 10.5 Å². The van der Waals surface area contributed by atoms with Gasteiger partial charge in [-0.2, -0.15) is 0 Å². The topological polar surface area (TPSA) is 35.2 Å². The summed E-state index contributed by atoms with van der Waals surface area (Å²) in [7, 11) is 0. The third-order valence-corrected chi connectivity index (χ3v) is 1.37. The minimum atomic E-state index is 0.208. The van der Waals surface area contributed by atoms with Crippen LogP contribution in [0, 0.1) is 0 Å². The first-order valence-corrected chi connectivity index (χ1v) is 3.56. The molecule has 0 aliphatic rings. The quantitative estimate of drug-likeness (QED) is 0.621. The zero-order chi connectivity index (χ0) is 7.28. The van der Waals surface area contributed by atoms with Gasteiger partial charge in [-0.3, -0.25) is 0 Å². The zero-order valence-electron chi connectivity index (χ0n) is 6.55. The summed E-state index contributed by atoms with van der Waals surface area (Å²) >= 11 is 0. The second-order valence-corrected chi connectivity index (χ2v) is 2.40. The molecule has 56 valence electrons. The first-order valence-electron chi connectivity index (χ1n) is 3.56. The minimum absolute atomic E-state index is 0.208. The Morgan fingerprint density at radius 2 is 1.89 bits per heavy atom. The lowest BCUT2D eigenvalue weighted by molar-refractivity contribution is 0.0119. The molecule has 0 heterocycles. The molecule has 0 rings (SSSR count). The van der Waals surface area contributed by atoms with Gasteiger partial charge in [0.05, 0.1) is 12.2 Å². The molecule has 0 spiro atoms. The van der Waals surface area contributed by atoms with E-state index in [1.54, 1.807) is 0 Å². The van der Waals surface area contributed by atoms with Crippen molar-refractivity contribution in [3.8, 4) is 0 Å². The Labute approximate surface area is 57.4 Å². The van der Waals surface area contributed by atoms with E-state index < -0.39 is 0 Å². The Balaban J connectivity index is 3.22. The van der Waals surface area contributed by atoms with Crippen LogP contribution in [0.5, 0.6) is 0 Å². The van der Waals surface area contributed by atoms with E-state index in [-0.39, 0.29) is 6.10 Å². The van der Waals surface area contributed by atoms with E-state index in [4.69, 9.17) is 10.5 Å². The lowest BCUT2D eigenvalue weighted by atomic mass is 10.3. The number of hydrogen-bond acceptors (Lipinski definition) is 2. The Morgan fingerprint density at radius 3 is 2.22 bits per heavy atom. The van der Waals surface area contributed by atoms with Crippen molar-refractivity contribution in [3.05, 3.63) is 0 Å². The lowest BCUT2D eigenvalue weighted by Gasteiger charge is -2.15. The Morgan fingerprint density at radius 1 is 1.33 bits per heavy atom. The van der Waals surface area contributed by atoms with Crippen molar-refractivity contribution in [3.63, 3.8) is 0 Å². The van der Waals surface area contributed by atoms with Gasteiger partial charge in [-0.25, -0.2) is 0 Å². The normalized spacial score (nSPS) is 17.3. The maximum absolute atomic E-state index is 5.42. The summed E-state index contributed by atoms with van der Waals surface area (Å²) in [4.78, 5) is 0. The molecule has 0 aliphatic carbocycles. The fraction of sp³-hybridized carbons (Fsp3) is 1.00. The standard InChI is InChI=1S/C7H17NO/c1-4-6(2)9-7(3)5-8/h6-7H,4-5,8H2,1-3H3. The molecule has 0 aromatic rings. The molecule has 0 bridgehead atoms. The van der Waals surface area contributed by atoms with E-state index in [2.05, 4.69) is 13.8 Å². The first-order chi connectivity index (χ1) is 4.20. The van der Waals surface area contributed by atoms with Crippen LogP contribution < -0.4 is 5.73 Å². The molecule has 2 atom stereocenters. The molecule has 2 N–H and O–H groups in total. The van der Waals surface area contributed by atoms with E-state index in [1.165, 1.54) is 0 Å². The smallest absolute Gasteiger partial charge is 0.0672 e. The molecule has 0 saturated heterocycles. The molecule has 0 aliphatic heterocycles. The number of nitrogens with two attached hydrogens (primary N) is 1. The van der Waals surface area contributed by atoms with Gasteiger partial charge in [-0.05, 0) is 20.3 Å². The minimum Gasteiger partial charge on any atom is -0.374 e. The fourth-order valence-corrected chi connectivity index (χ4v) is 0.548. The van der Waals surface area contributed by atoms with Gasteiger partial charge >= 0.3 is 0 Å². The monoisotopic (exact) mass is 131 g/mol. The highest BCUT2D eigenvalue weighted by Gasteiger charge is 2.02. The van der Waals surface area contributed by atoms with E-state index >= 15 is 0 Å². The average Bonchev–Trinajstić information content (AvgIpc) is 1.87. The molecule has 2 heteroatoms. The third-order valence-electron chi connectivity index (χ3n) is 1.37. The second-order valence-electron chi connectivity index (χ2n) is 2.40. The van der Waals surface area contributed by atoms with Crippen molar-refractivity contribution >= 4 is 0 Å². The molecule has 9 heavy (non-hydrogen) atoms. The van der Waals surface area contributed by atoms with Crippen molar-refractivity contribution in [2.75, 3.05) is 6.54 Å². The summed E-state index contributed by atoms with van der Waals surface area (Å²) in [5, 5.41) is 0. The predicted octanol–water partition coefficient (Wildman–Crippen LogP) is 1.15.